The summed E-state index contributed by atoms with van der Waals surface area (Å²) in [4.78, 5) is 0. The van der Waals surface area contributed by atoms with Crippen molar-refractivity contribution >= 4 is 0 Å². The molecule has 0 radical (unpaired) electrons. The van der Waals surface area contributed by atoms with Gasteiger partial charge in [-0.05, 0) is 19.3 Å². The van der Waals surface area contributed by atoms with Gasteiger partial charge in [0.15, 0.2) is 0 Å². The Morgan fingerprint density at radius 3 is 1.86 bits per heavy atom. The van der Waals surface area contributed by atoms with Crippen LogP contribution in [0.1, 0.15) is 99.3 Å². The Morgan fingerprint density at radius 1 is 0.810 bits per heavy atom. The Morgan fingerprint density at radius 2 is 1.33 bits per heavy atom. The Balaban J connectivity index is -0.000000739. The van der Waals surface area contributed by atoms with E-state index in [2.05, 4.69) is 24.6 Å². The number of nitrogens with one attached hydrogen (secondary N) is 2. The zero-order chi connectivity index (χ0) is 16.8. The summed E-state index contributed by atoms with van der Waals surface area (Å²) in [5, 5.41) is 3.46. The van der Waals surface area contributed by atoms with Crippen LogP contribution in [0, 0.1) is 0 Å². The van der Waals surface area contributed by atoms with Crippen LogP contribution in [-0.4, -0.2) is 6.54 Å². The normalized spacial score (nSPS) is 9.95. The van der Waals surface area contributed by atoms with E-state index in [0.717, 1.165) is 13.0 Å². The first-order valence-electron chi connectivity index (χ1n) is 9.24. The fraction of sp³-hybridized carbons (Fsp3) is 0.889. The zero-order valence-corrected chi connectivity index (χ0v) is 15.7. The SMILES string of the molecule is CC.CC.CCCCCCCCN/C(=C\NN)CCCC. The maximum absolute atomic E-state index is 5.32. The summed E-state index contributed by atoms with van der Waals surface area (Å²) in [5.74, 6) is 5.32. The minimum Gasteiger partial charge on any atom is -0.387 e. The van der Waals surface area contributed by atoms with Crippen molar-refractivity contribution in [2.24, 2.45) is 5.84 Å². The smallest absolute Gasteiger partial charge is 0.0312 e. The van der Waals surface area contributed by atoms with Gasteiger partial charge in [-0.15, -0.1) is 0 Å². The molecule has 0 bridgehead atoms. The number of allylic oxidation sites excluding steroid dienone is 1. The van der Waals surface area contributed by atoms with Gasteiger partial charge in [-0.1, -0.05) is 80.1 Å². The second-order valence-corrected chi connectivity index (χ2v) is 4.63. The Labute approximate surface area is 135 Å². The van der Waals surface area contributed by atoms with Gasteiger partial charge >= 0.3 is 0 Å². The van der Waals surface area contributed by atoms with Crippen molar-refractivity contribution < 1.29 is 0 Å². The van der Waals surface area contributed by atoms with E-state index < -0.39 is 0 Å². The lowest BCUT2D eigenvalue weighted by Gasteiger charge is -2.10. The minimum absolute atomic E-state index is 1.07. The average molecular weight is 302 g/mol. The molecule has 3 nitrogen and oxygen atoms in total. The molecule has 0 aliphatic heterocycles. The van der Waals surface area contributed by atoms with Crippen LogP contribution >= 0.6 is 0 Å². The van der Waals surface area contributed by atoms with E-state index in [-0.39, 0.29) is 0 Å². The molecule has 0 aliphatic rings. The summed E-state index contributed by atoms with van der Waals surface area (Å²) in [6.07, 6.45) is 13.5. The highest BCUT2D eigenvalue weighted by atomic mass is 15.2. The van der Waals surface area contributed by atoms with Crippen LogP contribution in [-0.2, 0) is 0 Å². The van der Waals surface area contributed by atoms with Crippen molar-refractivity contribution in [2.75, 3.05) is 6.54 Å². The van der Waals surface area contributed by atoms with E-state index in [1.807, 2.05) is 33.9 Å². The van der Waals surface area contributed by atoms with Gasteiger partial charge in [0.2, 0.25) is 0 Å². The number of nitrogens with two attached hydrogens (primary N) is 1. The Hall–Kier alpha value is -0.700. The Bertz CT molecular complexity index is 179. The Kier molecular flexibility index (Phi) is 33.2. The molecule has 0 atom stereocenters. The largest absolute Gasteiger partial charge is 0.387 e. The average Bonchev–Trinajstić information content (AvgIpc) is 2.55. The van der Waals surface area contributed by atoms with E-state index in [9.17, 15) is 0 Å². The molecule has 0 unspecified atom stereocenters. The van der Waals surface area contributed by atoms with Gasteiger partial charge < -0.3 is 10.7 Å². The molecule has 0 saturated heterocycles. The second kappa shape index (κ2) is 27.6. The first-order valence-corrected chi connectivity index (χ1v) is 9.24. The van der Waals surface area contributed by atoms with Gasteiger partial charge in [0.25, 0.3) is 0 Å². The highest BCUT2D eigenvalue weighted by molar-refractivity contribution is 4.97. The second-order valence-electron chi connectivity index (χ2n) is 4.63. The van der Waals surface area contributed by atoms with Crippen LogP contribution in [0.15, 0.2) is 11.9 Å². The van der Waals surface area contributed by atoms with Crippen molar-refractivity contribution in [2.45, 2.75) is 99.3 Å². The van der Waals surface area contributed by atoms with Crippen LogP contribution in [0.2, 0.25) is 0 Å². The first-order chi connectivity index (χ1) is 10.3. The maximum Gasteiger partial charge on any atom is 0.0312 e. The van der Waals surface area contributed by atoms with Crippen LogP contribution in [0.25, 0.3) is 0 Å². The molecule has 0 saturated carbocycles. The molecule has 0 fully saturated rings. The van der Waals surface area contributed by atoms with Crippen molar-refractivity contribution in [3.63, 3.8) is 0 Å². The third-order valence-corrected chi connectivity index (χ3v) is 2.94. The molecule has 0 amide bonds. The molecule has 0 aromatic rings. The van der Waals surface area contributed by atoms with Gasteiger partial charge in [0.05, 0.1) is 0 Å². The van der Waals surface area contributed by atoms with Gasteiger partial charge in [0.1, 0.15) is 0 Å². The van der Waals surface area contributed by atoms with Crippen LogP contribution < -0.4 is 16.6 Å². The monoisotopic (exact) mass is 301 g/mol. The summed E-state index contributed by atoms with van der Waals surface area (Å²) >= 11 is 0. The predicted molar refractivity (Wildman–Crippen MR) is 99.0 cm³/mol. The summed E-state index contributed by atoms with van der Waals surface area (Å²) in [6, 6.07) is 0. The van der Waals surface area contributed by atoms with E-state index in [0.29, 0.717) is 0 Å². The molecule has 0 aromatic heterocycles. The number of hydrogen-bond acceptors (Lipinski definition) is 3. The molecule has 0 heterocycles. The molecule has 0 rings (SSSR count). The van der Waals surface area contributed by atoms with Crippen molar-refractivity contribution in [3.05, 3.63) is 11.9 Å². The standard InChI is InChI=1S/C14H31N3.2C2H6/c1-3-5-7-8-9-10-12-16-14(13-17-15)11-6-4-2;2*1-2/h13,16-17H,3-12,15H2,1-2H3;2*1-2H3/b14-13-;;. The lowest BCUT2D eigenvalue weighted by molar-refractivity contribution is 0.583. The zero-order valence-electron chi connectivity index (χ0n) is 15.7. The molecule has 0 aliphatic carbocycles. The fourth-order valence-corrected chi connectivity index (χ4v) is 1.83. The summed E-state index contributed by atoms with van der Waals surface area (Å²) in [6.45, 7) is 13.5. The fourth-order valence-electron chi connectivity index (χ4n) is 1.83. The highest BCUT2D eigenvalue weighted by Gasteiger charge is 1.96. The van der Waals surface area contributed by atoms with Crippen LogP contribution in [0.4, 0.5) is 0 Å². The topological polar surface area (TPSA) is 50.1 Å². The van der Waals surface area contributed by atoms with E-state index >= 15 is 0 Å². The third kappa shape index (κ3) is 24.7. The molecule has 4 N–H and O–H groups in total. The first kappa shape index (κ1) is 25.3. The summed E-state index contributed by atoms with van der Waals surface area (Å²) in [7, 11) is 0. The quantitative estimate of drug-likeness (QED) is 0.254. The minimum atomic E-state index is 1.07. The van der Waals surface area contributed by atoms with Gasteiger partial charge in [-0.2, -0.15) is 0 Å². The number of hydrogen-bond donors (Lipinski definition) is 3. The van der Waals surface area contributed by atoms with Crippen LogP contribution in [0.5, 0.6) is 0 Å². The van der Waals surface area contributed by atoms with Crippen molar-refractivity contribution in [3.8, 4) is 0 Å². The highest BCUT2D eigenvalue weighted by Crippen LogP contribution is 2.06. The van der Waals surface area contributed by atoms with Crippen LogP contribution in [0.3, 0.4) is 0 Å². The predicted octanol–water partition coefficient (Wildman–Crippen LogP) is 5.48. The lowest BCUT2D eigenvalue weighted by Crippen LogP contribution is -2.21. The molecule has 0 spiro atoms. The molecule has 3 heteroatoms. The van der Waals surface area contributed by atoms with Gasteiger partial charge in [-0.25, -0.2) is 0 Å². The lowest BCUT2D eigenvalue weighted by atomic mass is 10.1. The van der Waals surface area contributed by atoms with Gasteiger partial charge in [0, 0.05) is 18.4 Å². The molecule has 21 heavy (non-hydrogen) atoms. The van der Waals surface area contributed by atoms with E-state index in [1.54, 1.807) is 0 Å². The molecular weight excluding hydrogens is 258 g/mol. The van der Waals surface area contributed by atoms with E-state index in [1.165, 1.54) is 57.1 Å². The van der Waals surface area contributed by atoms with E-state index in [4.69, 9.17) is 5.84 Å². The third-order valence-electron chi connectivity index (χ3n) is 2.94. The number of rotatable bonds is 12. The molecule has 0 aromatic carbocycles. The van der Waals surface area contributed by atoms with Crippen molar-refractivity contribution in [1.29, 1.82) is 0 Å². The summed E-state index contributed by atoms with van der Waals surface area (Å²) in [5.41, 5.74) is 3.86. The molecule has 130 valence electrons. The van der Waals surface area contributed by atoms with Gasteiger partial charge in [-0.3, -0.25) is 5.84 Å². The van der Waals surface area contributed by atoms with Crippen molar-refractivity contribution in [1.82, 2.24) is 10.7 Å². The number of unbranched alkanes of at least 4 members (excludes halogenated alkanes) is 6. The molecular formula is C18H43N3. The maximum atomic E-state index is 5.32. The number of hydrazine groups is 1. The summed E-state index contributed by atoms with van der Waals surface area (Å²) < 4.78 is 0.